The van der Waals surface area contributed by atoms with Crippen LogP contribution in [0.2, 0.25) is 0 Å². The fourth-order valence-electron chi connectivity index (χ4n) is 1.38. The lowest BCUT2D eigenvalue weighted by Gasteiger charge is -2.14. The number of carbonyl (C=O) groups is 1. The average molecular weight is 222 g/mol. The Balaban J connectivity index is 2.59. The predicted octanol–water partition coefficient (Wildman–Crippen LogP) is 1.97. The normalized spacial score (nSPS) is 18.3. The van der Waals surface area contributed by atoms with Crippen molar-refractivity contribution in [3.05, 3.63) is 33.9 Å². The first-order chi connectivity index (χ1) is 7.24. The molecule has 1 aromatic carbocycles. The highest BCUT2D eigenvalue weighted by atomic mass is 32.2. The highest BCUT2D eigenvalue weighted by Gasteiger charge is 2.24. The highest BCUT2D eigenvalue weighted by molar-refractivity contribution is 8.12. The van der Waals surface area contributed by atoms with Gasteiger partial charge < -0.3 is 4.79 Å². The minimum atomic E-state index is -0.610. The lowest BCUT2D eigenvalue weighted by molar-refractivity contribution is -0.387. The minimum absolute atomic E-state index is 0.0236. The van der Waals surface area contributed by atoms with Crippen LogP contribution in [-0.4, -0.2) is 16.8 Å². The number of thioether (sulfide) groups is 1. The van der Waals surface area contributed by atoms with Crippen molar-refractivity contribution in [2.45, 2.75) is 10.9 Å². The number of nitro benzene ring substituents is 1. The number of hydrogen-bond acceptors (Lipinski definition) is 5. The van der Waals surface area contributed by atoms with Gasteiger partial charge in [0.1, 0.15) is 12.3 Å². The molecule has 0 N–H and O–H groups in total. The summed E-state index contributed by atoms with van der Waals surface area (Å²) < 4.78 is 0. The molecule has 0 radical (unpaired) electrons. The van der Waals surface area contributed by atoms with E-state index in [1.807, 2.05) is 0 Å². The second-order valence-corrected chi connectivity index (χ2v) is 3.76. The van der Waals surface area contributed by atoms with Crippen LogP contribution < -0.4 is 0 Å². The summed E-state index contributed by atoms with van der Waals surface area (Å²) in [5.41, 5.74) is 2.09. The lowest BCUT2D eigenvalue weighted by atomic mass is 10.1. The summed E-state index contributed by atoms with van der Waals surface area (Å²) in [6, 6.07) is 4.06. The van der Waals surface area contributed by atoms with Gasteiger partial charge in [-0.3, -0.25) is 15.1 Å². The summed E-state index contributed by atoms with van der Waals surface area (Å²) in [6.07, 6.45) is 0.679. The van der Waals surface area contributed by atoms with Gasteiger partial charge >= 0.3 is 0 Å². The van der Waals surface area contributed by atoms with Gasteiger partial charge in [-0.05, 0) is 0 Å². The van der Waals surface area contributed by atoms with Crippen molar-refractivity contribution in [1.82, 2.24) is 0 Å². The van der Waals surface area contributed by atoms with Gasteiger partial charge in [0.15, 0.2) is 0 Å². The van der Waals surface area contributed by atoms with Gasteiger partial charge in [-0.1, -0.05) is 23.9 Å². The monoisotopic (exact) mass is 222 g/mol. The van der Waals surface area contributed by atoms with E-state index in [1.54, 1.807) is 12.1 Å². The summed E-state index contributed by atoms with van der Waals surface area (Å²) in [4.78, 5) is 25.4. The molecule has 1 atom stereocenters. The third kappa shape index (κ3) is 1.63. The second-order valence-electron chi connectivity index (χ2n) is 2.91. The molecule has 0 fully saturated rings. The van der Waals surface area contributed by atoms with E-state index in [0.717, 1.165) is 0 Å². The minimum Gasteiger partial charge on any atom is -0.301 e. The molecule has 0 saturated carbocycles. The number of nitro groups is 1. The molecule has 1 unspecified atom stereocenters. The summed E-state index contributed by atoms with van der Waals surface area (Å²) >= 11 is 1.17. The zero-order valence-corrected chi connectivity index (χ0v) is 8.31. The van der Waals surface area contributed by atoms with E-state index < -0.39 is 11.0 Å². The maximum atomic E-state index is 10.7. The molecule has 0 saturated heterocycles. The fraction of sp³-hybridized carbons (Fsp3) is 0.111. The summed E-state index contributed by atoms with van der Waals surface area (Å²) in [6.45, 7) is 0. The third-order valence-corrected chi connectivity index (χ3v) is 2.97. The van der Waals surface area contributed by atoms with Gasteiger partial charge in [0.05, 0.1) is 15.4 Å². The number of aliphatic imine (C=N–C) groups is 1. The Labute approximate surface area is 89.4 Å². The SMILES string of the molecule is O=CC1N=CSc2c1cccc2[N+](=O)[O-]. The van der Waals surface area contributed by atoms with Crippen LogP contribution in [0.5, 0.6) is 0 Å². The lowest BCUT2D eigenvalue weighted by Crippen LogP contribution is -2.05. The van der Waals surface area contributed by atoms with Crippen molar-refractivity contribution >= 4 is 29.3 Å². The fourth-order valence-corrected chi connectivity index (χ4v) is 2.27. The molecule has 0 aromatic heterocycles. The van der Waals surface area contributed by atoms with Crippen molar-refractivity contribution in [3.63, 3.8) is 0 Å². The van der Waals surface area contributed by atoms with E-state index in [9.17, 15) is 14.9 Å². The second kappa shape index (κ2) is 3.82. The maximum absolute atomic E-state index is 10.7. The molecule has 2 rings (SSSR count). The average Bonchev–Trinajstić information content (AvgIpc) is 2.27. The smallest absolute Gasteiger partial charge is 0.283 e. The van der Waals surface area contributed by atoms with Crippen LogP contribution in [0.1, 0.15) is 11.6 Å². The zero-order chi connectivity index (χ0) is 10.8. The van der Waals surface area contributed by atoms with Crippen LogP contribution in [0.25, 0.3) is 0 Å². The Morgan fingerprint density at radius 3 is 3.00 bits per heavy atom. The van der Waals surface area contributed by atoms with E-state index in [1.165, 1.54) is 23.4 Å². The molecule has 1 heterocycles. The van der Waals surface area contributed by atoms with Gasteiger partial charge in [0.2, 0.25) is 0 Å². The molecule has 0 amide bonds. The number of fused-ring (bicyclic) bond motifs is 1. The van der Waals surface area contributed by atoms with E-state index >= 15 is 0 Å². The van der Waals surface area contributed by atoms with Crippen molar-refractivity contribution < 1.29 is 9.72 Å². The van der Waals surface area contributed by atoms with Crippen molar-refractivity contribution in [2.24, 2.45) is 4.99 Å². The Hall–Kier alpha value is -1.69. The van der Waals surface area contributed by atoms with Crippen LogP contribution in [0.4, 0.5) is 5.69 Å². The standard InChI is InChI=1S/C9H6N2O3S/c12-4-7-6-2-1-3-8(11(13)14)9(6)15-5-10-7/h1-5,7H. The van der Waals surface area contributed by atoms with Gasteiger partial charge in [0.25, 0.3) is 5.69 Å². The molecule has 0 bridgehead atoms. The molecule has 1 aliphatic rings. The number of hydrogen-bond donors (Lipinski definition) is 0. The Morgan fingerprint density at radius 2 is 2.33 bits per heavy atom. The summed E-state index contributed by atoms with van der Waals surface area (Å²) in [7, 11) is 0. The first-order valence-electron chi connectivity index (χ1n) is 4.15. The molecule has 1 aliphatic heterocycles. The largest absolute Gasteiger partial charge is 0.301 e. The van der Waals surface area contributed by atoms with Gasteiger partial charge in [0, 0.05) is 11.6 Å². The number of benzene rings is 1. The van der Waals surface area contributed by atoms with Crippen molar-refractivity contribution in [3.8, 4) is 0 Å². The van der Waals surface area contributed by atoms with Crippen molar-refractivity contribution in [1.29, 1.82) is 0 Å². The van der Waals surface area contributed by atoms with E-state index in [-0.39, 0.29) is 5.69 Å². The molecular weight excluding hydrogens is 216 g/mol. The molecule has 1 aromatic rings. The summed E-state index contributed by atoms with van der Waals surface area (Å²) in [5, 5.41) is 10.7. The quantitative estimate of drug-likeness (QED) is 0.435. The Kier molecular flexibility index (Phi) is 2.51. The molecule has 0 spiro atoms. The first-order valence-corrected chi connectivity index (χ1v) is 5.03. The Morgan fingerprint density at radius 1 is 1.53 bits per heavy atom. The number of nitrogens with zero attached hydrogens (tertiary/aromatic N) is 2. The van der Waals surface area contributed by atoms with Gasteiger partial charge in [-0.25, -0.2) is 0 Å². The van der Waals surface area contributed by atoms with Crippen LogP contribution in [0, 0.1) is 10.1 Å². The van der Waals surface area contributed by atoms with E-state index in [2.05, 4.69) is 4.99 Å². The Bertz CT molecular complexity index is 459. The molecule has 15 heavy (non-hydrogen) atoms. The number of rotatable bonds is 2. The van der Waals surface area contributed by atoms with Crippen LogP contribution in [-0.2, 0) is 4.79 Å². The van der Waals surface area contributed by atoms with Gasteiger partial charge in [-0.15, -0.1) is 0 Å². The highest BCUT2D eigenvalue weighted by Crippen LogP contribution is 2.38. The van der Waals surface area contributed by atoms with Crippen molar-refractivity contribution in [2.75, 3.05) is 0 Å². The predicted molar refractivity (Wildman–Crippen MR) is 56.3 cm³/mol. The number of aldehydes is 1. The number of carbonyl (C=O) groups excluding carboxylic acids is 1. The van der Waals surface area contributed by atoms with Crippen LogP contribution >= 0.6 is 11.8 Å². The molecule has 0 aliphatic carbocycles. The summed E-state index contributed by atoms with van der Waals surface area (Å²) in [5.74, 6) is 0. The molecule has 76 valence electrons. The first kappa shape index (κ1) is 9.85. The molecular formula is C9H6N2O3S. The third-order valence-electron chi connectivity index (χ3n) is 2.06. The topological polar surface area (TPSA) is 72.6 Å². The van der Waals surface area contributed by atoms with Crippen LogP contribution in [0.3, 0.4) is 0 Å². The van der Waals surface area contributed by atoms with Gasteiger partial charge in [-0.2, -0.15) is 0 Å². The van der Waals surface area contributed by atoms with Crippen LogP contribution in [0.15, 0.2) is 28.1 Å². The maximum Gasteiger partial charge on any atom is 0.283 e. The zero-order valence-electron chi connectivity index (χ0n) is 7.49. The molecule has 5 nitrogen and oxygen atoms in total. The van der Waals surface area contributed by atoms with E-state index in [4.69, 9.17) is 0 Å². The van der Waals surface area contributed by atoms with E-state index in [0.29, 0.717) is 16.7 Å². The molecule has 6 heteroatoms.